The number of anilines is 1. The standard InChI is InChI=1S/C6H9FN2S/c1-4(2)9-6-8-3-5(7)10-6/h3-4H,1-2H3,(H,8,9). The molecule has 4 heteroatoms. The number of thiazole rings is 1. The molecule has 2 nitrogen and oxygen atoms in total. The Hall–Kier alpha value is -0.640. The Labute approximate surface area is 63.1 Å². The van der Waals surface area contributed by atoms with Crippen molar-refractivity contribution in [2.24, 2.45) is 0 Å². The van der Waals surface area contributed by atoms with E-state index in [1.807, 2.05) is 13.8 Å². The van der Waals surface area contributed by atoms with Gasteiger partial charge in [0.05, 0.1) is 6.20 Å². The molecule has 1 aromatic heterocycles. The molecular weight excluding hydrogens is 151 g/mol. The summed E-state index contributed by atoms with van der Waals surface area (Å²) in [7, 11) is 0. The zero-order chi connectivity index (χ0) is 7.56. The Balaban J connectivity index is 2.58. The maximum absolute atomic E-state index is 12.3. The fourth-order valence-corrected chi connectivity index (χ4v) is 1.26. The molecule has 0 bridgehead atoms. The molecule has 1 rings (SSSR count). The SMILES string of the molecule is CC(C)Nc1ncc(F)s1. The van der Waals surface area contributed by atoms with Gasteiger partial charge in [-0.2, -0.15) is 4.39 Å². The molecule has 0 radical (unpaired) electrons. The molecule has 0 unspecified atom stereocenters. The smallest absolute Gasteiger partial charge is 0.198 e. The Morgan fingerprint density at radius 3 is 2.80 bits per heavy atom. The van der Waals surface area contributed by atoms with Crippen molar-refractivity contribution in [3.63, 3.8) is 0 Å². The lowest BCUT2D eigenvalue weighted by molar-refractivity contribution is 0.653. The third kappa shape index (κ3) is 1.95. The van der Waals surface area contributed by atoms with E-state index in [9.17, 15) is 4.39 Å². The Morgan fingerprint density at radius 1 is 1.70 bits per heavy atom. The number of rotatable bonds is 2. The summed E-state index contributed by atoms with van der Waals surface area (Å²) in [5.74, 6) is 0. The Bertz CT molecular complexity index is 209. The summed E-state index contributed by atoms with van der Waals surface area (Å²) in [5, 5.41) is 3.39. The second-order valence-corrected chi connectivity index (χ2v) is 3.25. The lowest BCUT2D eigenvalue weighted by Gasteiger charge is -2.03. The quantitative estimate of drug-likeness (QED) is 0.716. The van der Waals surface area contributed by atoms with E-state index in [1.165, 1.54) is 6.20 Å². The van der Waals surface area contributed by atoms with Gasteiger partial charge in [0, 0.05) is 6.04 Å². The molecule has 1 N–H and O–H groups in total. The summed E-state index contributed by atoms with van der Waals surface area (Å²) in [6.07, 6.45) is 1.22. The monoisotopic (exact) mass is 160 g/mol. The first-order valence-electron chi connectivity index (χ1n) is 3.06. The van der Waals surface area contributed by atoms with Gasteiger partial charge in [0.1, 0.15) is 0 Å². The molecular formula is C6H9FN2S. The van der Waals surface area contributed by atoms with Crippen molar-refractivity contribution in [3.05, 3.63) is 11.3 Å². The first kappa shape index (κ1) is 7.47. The molecule has 0 spiro atoms. The van der Waals surface area contributed by atoms with Crippen molar-refractivity contribution in [1.82, 2.24) is 4.98 Å². The summed E-state index contributed by atoms with van der Waals surface area (Å²) in [5.41, 5.74) is 0. The second kappa shape index (κ2) is 2.96. The number of hydrogen-bond donors (Lipinski definition) is 1. The Kier molecular flexibility index (Phi) is 2.21. The van der Waals surface area contributed by atoms with E-state index in [2.05, 4.69) is 10.3 Å². The molecule has 0 amide bonds. The fraction of sp³-hybridized carbons (Fsp3) is 0.500. The summed E-state index contributed by atoms with van der Waals surface area (Å²) < 4.78 is 12.3. The van der Waals surface area contributed by atoms with Crippen LogP contribution in [0.5, 0.6) is 0 Å². The molecule has 0 aliphatic carbocycles. The molecule has 1 aromatic rings. The lowest BCUT2D eigenvalue weighted by atomic mass is 10.4. The molecule has 1 heterocycles. The van der Waals surface area contributed by atoms with E-state index < -0.39 is 0 Å². The highest BCUT2D eigenvalue weighted by Gasteiger charge is 2.00. The van der Waals surface area contributed by atoms with Crippen LogP contribution in [0.15, 0.2) is 6.20 Å². The topological polar surface area (TPSA) is 24.9 Å². The molecule has 0 aliphatic heterocycles. The molecule has 56 valence electrons. The van der Waals surface area contributed by atoms with E-state index in [1.54, 1.807) is 0 Å². The van der Waals surface area contributed by atoms with Crippen molar-refractivity contribution in [1.29, 1.82) is 0 Å². The van der Waals surface area contributed by atoms with Crippen LogP contribution in [0.3, 0.4) is 0 Å². The number of aromatic nitrogens is 1. The third-order valence-corrected chi connectivity index (χ3v) is 1.61. The van der Waals surface area contributed by atoms with Gasteiger partial charge in [-0.25, -0.2) is 4.98 Å². The van der Waals surface area contributed by atoms with Crippen LogP contribution in [0.2, 0.25) is 0 Å². The van der Waals surface area contributed by atoms with E-state index in [-0.39, 0.29) is 5.13 Å². The minimum Gasteiger partial charge on any atom is -0.359 e. The van der Waals surface area contributed by atoms with Crippen LogP contribution >= 0.6 is 11.3 Å². The number of hydrogen-bond acceptors (Lipinski definition) is 3. The zero-order valence-electron chi connectivity index (χ0n) is 5.89. The first-order chi connectivity index (χ1) is 4.68. The fourth-order valence-electron chi connectivity index (χ4n) is 0.568. The number of nitrogens with zero attached hydrogens (tertiary/aromatic N) is 1. The summed E-state index contributed by atoms with van der Waals surface area (Å²) in [4.78, 5) is 3.79. The summed E-state index contributed by atoms with van der Waals surface area (Å²) >= 11 is 1.03. The first-order valence-corrected chi connectivity index (χ1v) is 3.88. The van der Waals surface area contributed by atoms with Crippen LogP contribution in [0.4, 0.5) is 9.52 Å². The second-order valence-electron chi connectivity index (χ2n) is 2.27. The van der Waals surface area contributed by atoms with Gasteiger partial charge in [-0.1, -0.05) is 11.3 Å². The molecule has 0 fully saturated rings. The molecule has 0 aromatic carbocycles. The maximum atomic E-state index is 12.3. The number of halogens is 1. The van der Waals surface area contributed by atoms with E-state index >= 15 is 0 Å². The van der Waals surface area contributed by atoms with Gasteiger partial charge >= 0.3 is 0 Å². The van der Waals surface area contributed by atoms with Gasteiger partial charge in [-0.05, 0) is 13.8 Å². The lowest BCUT2D eigenvalue weighted by Crippen LogP contribution is -2.08. The van der Waals surface area contributed by atoms with Crippen LogP contribution in [0.1, 0.15) is 13.8 Å². The molecule has 0 saturated carbocycles. The van der Waals surface area contributed by atoms with E-state index in [4.69, 9.17) is 0 Å². The largest absolute Gasteiger partial charge is 0.359 e. The van der Waals surface area contributed by atoms with Gasteiger partial charge < -0.3 is 5.32 Å². The van der Waals surface area contributed by atoms with Crippen LogP contribution in [0.25, 0.3) is 0 Å². The number of nitrogens with one attached hydrogen (secondary N) is 1. The van der Waals surface area contributed by atoms with Gasteiger partial charge in [-0.15, -0.1) is 0 Å². The van der Waals surface area contributed by atoms with Gasteiger partial charge in [0.25, 0.3) is 0 Å². The van der Waals surface area contributed by atoms with Crippen molar-refractivity contribution in [2.75, 3.05) is 5.32 Å². The normalized spacial score (nSPS) is 10.4. The molecule has 0 saturated heterocycles. The molecule has 0 aliphatic rings. The van der Waals surface area contributed by atoms with Gasteiger partial charge in [0.15, 0.2) is 10.3 Å². The summed E-state index contributed by atoms with van der Waals surface area (Å²) in [6.45, 7) is 3.97. The minimum atomic E-state index is -0.247. The predicted octanol–water partition coefficient (Wildman–Crippen LogP) is 2.10. The van der Waals surface area contributed by atoms with Crippen molar-refractivity contribution in [2.45, 2.75) is 19.9 Å². The van der Waals surface area contributed by atoms with E-state index in [0.717, 1.165) is 11.3 Å². The van der Waals surface area contributed by atoms with Crippen LogP contribution < -0.4 is 5.32 Å². The van der Waals surface area contributed by atoms with E-state index in [0.29, 0.717) is 11.2 Å². The van der Waals surface area contributed by atoms with Crippen LogP contribution in [0, 0.1) is 5.13 Å². The van der Waals surface area contributed by atoms with Crippen molar-refractivity contribution < 1.29 is 4.39 Å². The highest BCUT2D eigenvalue weighted by molar-refractivity contribution is 7.13. The average Bonchev–Trinajstić information content (AvgIpc) is 2.13. The molecule has 0 atom stereocenters. The molecule has 10 heavy (non-hydrogen) atoms. The van der Waals surface area contributed by atoms with Crippen molar-refractivity contribution in [3.8, 4) is 0 Å². The zero-order valence-corrected chi connectivity index (χ0v) is 6.70. The van der Waals surface area contributed by atoms with Crippen LogP contribution in [-0.4, -0.2) is 11.0 Å². The van der Waals surface area contributed by atoms with Crippen LogP contribution in [-0.2, 0) is 0 Å². The highest BCUT2D eigenvalue weighted by Crippen LogP contribution is 2.16. The highest BCUT2D eigenvalue weighted by atomic mass is 32.1. The van der Waals surface area contributed by atoms with Gasteiger partial charge in [0.2, 0.25) is 0 Å². The minimum absolute atomic E-state index is 0.247. The van der Waals surface area contributed by atoms with Gasteiger partial charge in [-0.3, -0.25) is 0 Å². The summed E-state index contributed by atoms with van der Waals surface area (Å²) in [6, 6.07) is 0.311. The maximum Gasteiger partial charge on any atom is 0.198 e. The third-order valence-electron chi connectivity index (χ3n) is 0.890. The predicted molar refractivity (Wildman–Crippen MR) is 40.8 cm³/mol. The Morgan fingerprint density at radius 2 is 2.40 bits per heavy atom. The van der Waals surface area contributed by atoms with Crippen molar-refractivity contribution >= 4 is 16.5 Å². The average molecular weight is 160 g/mol.